The summed E-state index contributed by atoms with van der Waals surface area (Å²) in [4.78, 5) is 25.9. The first kappa shape index (κ1) is 24.8. The number of carbonyl (C=O) groups is 2. The molecule has 2 amide bonds. The van der Waals surface area contributed by atoms with Crippen molar-refractivity contribution in [3.8, 4) is 22.6 Å². The van der Waals surface area contributed by atoms with Gasteiger partial charge in [-0.05, 0) is 84.8 Å². The zero-order chi connectivity index (χ0) is 26.0. The lowest BCUT2D eigenvalue weighted by atomic mass is 9.94. The number of nitrogens with one attached hydrogen (secondary N) is 2. The van der Waals surface area contributed by atoms with Crippen molar-refractivity contribution in [2.45, 2.75) is 51.0 Å². The quantitative estimate of drug-likeness (QED) is 0.374. The van der Waals surface area contributed by atoms with Crippen molar-refractivity contribution in [2.24, 2.45) is 0 Å². The molecule has 1 atom stereocenters. The van der Waals surface area contributed by atoms with E-state index in [1.165, 1.54) is 0 Å². The van der Waals surface area contributed by atoms with Crippen LogP contribution in [-0.4, -0.2) is 36.4 Å². The Morgan fingerprint density at radius 2 is 1.78 bits per heavy atom. The van der Waals surface area contributed by atoms with Crippen molar-refractivity contribution in [1.29, 1.82) is 0 Å². The van der Waals surface area contributed by atoms with E-state index in [0.717, 1.165) is 53.6 Å². The number of rotatable bonds is 9. The summed E-state index contributed by atoms with van der Waals surface area (Å²) in [6, 6.07) is 18.8. The Balaban J connectivity index is 0.00000336. The predicted molar refractivity (Wildman–Crippen MR) is 144 cm³/mol. The van der Waals surface area contributed by atoms with Gasteiger partial charge in [-0.1, -0.05) is 37.6 Å². The largest absolute Gasteiger partial charge is 0.454 e. The van der Waals surface area contributed by atoms with Crippen molar-refractivity contribution in [3.63, 3.8) is 0 Å². The number of carbonyl (C=O) groups excluding carboxylic acids is 2. The molecule has 1 saturated carbocycles. The van der Waals surface area contributed by atoms with Gasteiger partial charge in [-0.15, -0.1) is 0 Å². The summed E-state index contributed by atoms with van der Waals surface area (Å²) in [7, 11) is 0. The highest BCUT2D eigenvalue weighted by molar-refractivity contribution is 6.02. The molecule has 1 fully saturated rings. The summed E-state index contributed by atoms with van der Waals surface area (Å²) in [6.45, 7) is 4.17. The van der Waals surface area contributed by atoms with Gasteiger partial charge in [0.15, 0.2) is 11.5 Å². The minimum absolute atomic E-state index is 0. The topological polar surface area (TPSA) is 96.9 Å². The van der Waals surface area contributed by atoms with E-state index in [2.05, 4.69) is 10.6 Å². The van der Waals surface area contributed by atoms with Crippen LogP contribution in [0.3, 0.4) is 0 Å². The number of fused-ring (bicyclic) bond motifs is 1. The molecular formula is C30H34N2O5. The minimum atomic E-state index is -0.550. The fourth-order valence-electron chi connectivity index (χ4n) is 4.85. The minimum Gasteiger partial charge on any atom is -0.454 e. The van der Waals surface area contributed by atoms with Crippen molar-refractivity contribution in [2.75, 3.05) is 18.7 Å². The normalized spacial score (nSPS) is 15.6. The third-order valence-corrected chi connectivity index (χ3v) is 7.26. The monoisotopic (exact) mass is 502 g/mol. The summed E-state index contributed by atoms with van der Waals surface area (Å²) < 4.78 is 10.9. The molecule has 0 radical (unpaired) electrons. The SMILES string of the molecule is CCC[C@@H](CO)NC(=O)c1ccc(-c2cc(NC(=O)C3(c4ccc5c(c4)OCO5)CC3)ccc2C)cc1.[HH]. The standard InChI is InChI=1S/C30H32N2O5.H2/c1-3-4-24(17-33)31-28(34)21-8-6-20(7-9-21)25-16-23(11-5-19(25)2)32-29(35)30(13-14-30)22-10-12-26-27(15-22)37-18-36-26;/h5-12,15-16,24,33H,3-4,13-14,17-18H2,1-2H3,(H,31,34)(H,32,35);1H/t24-;/m0./s1. The summed E-state index contributed by atoms with van der Waals surface area (Å²) in [5.41, 5.74) is 4.66. The Morgan fingerprint density at radius 3 is 2.49 bits per heavy atom. The fourth-order valence-corrected chi connectivity index (χ4v) is 4.85. The van der Waals surface area contributed by atoms with Crippen molar-refractivity contribution < 1.29 is 25.6 Å². The van der Waals surface area contributed by atoms with Gasteiger partial charge in [0.05, 0.1) is 18.1 Å². The molecule has 3 aromatic carbocycles. The van der Waals surface area contributed by atoms with Crippen molar-refractivity contribution in [3.05, 3.63) is 77.4 Å². The van der Waals surface area contributed by atoms with E-state index in [1.54, 1.807) is 12.1 Å². The highest BCUT2D eigenvalue weighted by atomic mass is 16.7. The lowest BCUT2D eigenvalue weighted by molar-refractivity contribution is -0.118. The average molecular weight is 503 g/mol. The molecule has 37 heavy (non-hydrogen) atoms. The van der Waals surface area contributed by atoms with Crippen LogP contribution < -0.4 is 20.1 Å². The molecule has 194 valence electrons. The summed E-state index contributed by atoms with van der Waals surface area (Å²) >= 11 is 0. The Bertz CT molecular complexity index is 1320. The predicted octanol–water partition coefficient (Wildman–Crippen LogP) is 5.20. The molecule has 0 unspecified atom stereocenters. The van der Waals surface area contributed by atoms with Gasteiger partial charge in [-0.2, -0.15) is 0 Å². The lowest BCUT2D eigenvalue weighted by Crippen LogP contribution is -2.37. The van der Waals surface area contributed by atoms with Crippen molar-refractivity contribution >= 4 is 17.5 Å². The van der Waals surface area contributed by atoms with Crippen LogP contribution in [0.25, 0.3) is 11.1 Å². The second kappa shape index (κ2) is 10.3. The molecule has 1 aliphatic carbocycles. The van der Waals surface area contributed by atoms with E-state index in [1.807, 2.05) is 62.4 Å². The van der Waals surface area contributed by atoms with E-state index < -0.39 is 5.41 Å². The smallest absolute Gasteiger partial charge is 0.251 e. The van der Waals surface area contributed by atoms with Gasteiger partial charge >= 0.3 is 0 Å². The van der Waals surface area contributed by atoms with Gasteiger partial charge in [0, 0.05) is 12.7 Å². The van der Waals surface area contributed by atoms with Crippen LogP contribution >= 0.6 is 0 Å². The number of ether oxygens (including phenoxy) is 2. The first-order valence-electron chi connectivity index (χ1n) is 12.8. The number of aliphatic hydroxyl groups is 1. The molecule has 2 aliphatic rings. The van der Waals surface area contributed by atoms with Gasteiger partial charge in [0.25, 0.3) is 5.91 Å². The number of benzene rings is 3. The number of hydrogen-bond acceptors (Lipinski definition) is 5. The van der Waals surface area contributed by atoms with Crippen LogP contribution in [-0.2, 0) is 10.2 Å². The van der Waals surface area contributed by atoms with E-state index in [4.69, 9.17) is 9.47 Å². The molecule has 0 aromatic heterocycles. The number of aryl methyl sites for hydroxylation is 1. The molecule has 1 heterocycles. The molecule has 0 spiro atoms. The van der Waals surface area contributed by atoms with Gasteiger partial charge in [0.1, 0.15) is 0 Å². The molecule has 3 N–H and O–H groups in total. The maximum atomic E-state index is 13.4. The maximum absolute atomic E-state index is 13.4. The molecular weight excluding hydrogens is 468 g/mol. The third-order valence-electron chi connectivity index (χ3n) is 7.26. The number of hydrogen-bond donors (Lipinski definition) is 3. The number of aliphatic hydroxyl groups excluding tert-OH is 1. The van der Waals surface area contributed by atoms with Crippen LogP contribution in [0, 0.1) is 6.92 Å². The molecule has 0 bridgehead atoms. The Morgan fingerprint density at radius 1 is 1.03 bits per heavy atom. The van der Waals surface area contributed by atoms with Gasteiger partial charge in [-0.25, -0.2) is 0 Å². The zero-order valence-corrected chi connectivity index (χ0v) is 21.2. The van der Waals surface area contributed by atoms with E-state index >= 15 is 0 Å². The Labute approximate surface area is 218 Å². The molecule has 3 aromatic rings. The Hall–Kier alpha value is -3.84. The van der Waals surface area contributed by atoms with Crippen LogP contribution in [0.4, 0.5) is 5.69 Å². The average Bonchev–Trinajstić information content (AvgIpc) is 3.60. The highest BCUT2D eigenvalue weighted by Gasteiger charge is 2.51. The first-order valence-corrected chi connectivity index (χ1v) is 12.8. The highest BCUT2D eigenvalue weighted by Crippen LogP contribution is 2.51. The molecule has 1 aliphatic heterocycles. The van der Waals surface area contributed by atoms with Gasteiger partial charge in [0.2, 0.25) is 12.7 Å². The summed E-state index contributed by atoms with van der Waals surface area (Å²) in [5, 5.41) is 15.5. The second-order valence-corrected chi connectivity index (χ2v) is 9.85. The number of amides is 2. The van der Waals surface area contributed by atoms with Crippen molar-refractivity contribution in [1.82, 2.24) is 5.32 Å². The lowest BCUT2D eigenvalue weighted by Gasteiger charge is -2.18. The van der Waals surface area contributed by atoms with Gasteiger partial charge < -0.3 is 25.2 Å². The summed E-state index contributed by atoms with van der Waals surface area (Å²) in [5.74, 6) is 1.16. The fraction of sp³-hybridized carbons (Fsp3) is 0.333. The molecule has 7 nitrogen and oxygen atoms in total. The van der Waals surface area contributed by atoms with E-state index in [0.29, 0.717) is 17.1 Å². The van der Waals surface area contributed by atoms with Gasteiger partial charge in [-0.3, -0.25) is 9.59 Å². The zero-order valence-electron chi connectivity index (χ0n) is 21.2. The first-order chi connectivity index (χ1) is 17.9. The van der Waals surface area contributed by atoms with E-state index in [9.17, 15) is 14.7 Å². The maximum Gasteiger partial charge on any atom is 0.251 e. The Kier molecular flexibility index (Phi) is 6.89. The van der Waals surface area contributed by atoms with E-state index in [-0.39, 0.29) is 32.7 Å². The van der Waals surface area contributed by atoms with Crippen LogP contribution in [0.2, 0.25) is 0 Å². The third kappa shape index (κ3) is 5.04. The summed E-state index contributed by atoms with van der Waals surface area (Å²) in [6.07, 6.45) is 3.19. The number of anilines is 1. The molecule has 0 saturated heterocycles. The van der Waals surface area contributed by atoms with Crippen LogP contribution in [0.15, 0.2) is 60.7 Å². The molecule has 7 heteroatoms. The van der Waals surface area contributed by atoms with Crippen LogP contribution in [0.1, 0.15) is 55.5 Å². The molecule has 5 rings (SSSR count). The van der Waals surface area contributed by atoms with Crippen LogP contribution in [0.5, 0.6) is 11.5 Å². The second-order valence-electron chi connectivity index (χ2n) is 9.85.